The van der Waals surface area contributed by atoms with E-state index in [9.17, 15) is 4.79 Å². The Morgan fingerprint density at radius 2 is 2.00 bits per heavy atom. The number of aromatic nitrogens is 2. The summed E-state index contributed by atoms with van der Waals surface area (Å²) in [6.45, 7) is 8.66. The fourth-order valence-corrected chi connectivity index (χ4v) is 4.00. The van der Waals surface area contributed by atoms with Gasteiger partial charge in [0.25, 0.3) is 5.91 Å². The van der Waals surface area contributed by atoms with E-state index in [2.05, 4.69) is 15.3 Å². The third kappa shape index (κ3) is 3.79. The van der Waals surface area contributed by atoms with Gasteiger partial charge in [-0.3, -0.25) is 4.79 Å². The molecular formula is C19H21N3O2S. The number of carbonyl (C=O) groups is 1. The minimum absolute atomic E-state index is 0.0922. The normalized spacial score (nSPS) is 10.9. The number of nitrogens with zero attached hydrogens (tertiary/aromatic N) is 2. The van der Waals surface area contributed by atoms with Crippen molar-refractivity contribution in [1.29, 1.82) is 0 Å². The number of fused-ring (bicyclic) bond motifs is 1. The summed E-state index contributed by atoms with van der Waals surface area (Å²) < 4.78 is 5.66. The number of thiophene rings is 1. The highest BCUT2D eigenvalue weighted by atomic mass is 32.1. The number of carbonyl (C=O) groups excluding carboxylic acids is 1. The van der Waals surface area contributed by atoms with Gasteiger partial charge in [0, 0.05) is 11.1 Å². The lowest BCUT2D eigenvalue weighted by molar-refractivity contribution is 0.0950. The summed E-state index contributed by atoms with van der Waals surface area (Å²) in [5.74, 6) is 1.45. The standard InChI is InChI=1S/C19H21N3O2S/c1-11-6-5-7-15(10-11)24-9-8-20-18(23)17-12(2)16-13(3)21-14(4)22-19(16)25-17/h5-7,10H,8-9H2,1-4H3,(H,20,23). The first-order valence-corrected chi connectivity index (χ1v) is 8.99. The molecule has 0 radical (unpaired) electrons. The first kappa shape index (κ1) is 17.4. The summed E-state index contributed by atoms with van der Waals surface area (Å²) in [5, 5.41) is 3.90. The van der Waals surface area contributed by atoms with E-state index in [-0.39, 0.29) is 5.91 Å². The molecule has 3 aromatic rings. The Hall–Kier alpha value is -2.47. The Kier molecular flexibility index (Phi) is 4.99. The summed E-state index contributed by atoms with van der Waals surface area (Å²) in [5.41, 5.74) is 3.00. The van der Waals surface area contributed by atoms with Crippen LogP contribution in [0.3, 0.4) is 0 Å². The van der Waals surface area contributed by atoms with Crippen molar-refractivity contribution < 1.29 is 9.53 Å². The molecule has 3 rings (SSSR count). The molecule has 0 aliphatic carbocycles. The number of ether oxygens (including phenoxy) is 1. The maximum absolute atomic E-state index is 12.5. The first-order chi connectivity index (χ1) is 12.0. The Morgan fingerprint density at radius 3 is 2.76 bits per heavy atom. The largest absolute Gasteiger partial charge is 0.492 e. The average molecular weight is 355 g/mol. The van der Waals surface area contributed by atoms with Crippen molar-refractivity contribution in [2.45, 2.75) is 27.7 Å². The maximum Gasteiger partial charge on any atom is 0.261 e. The van der Waals surface area contributed by atoms with Crippen LogP contribution in [0.4, 0.5) is 0 Å². The summed E-state index contributed by atoms with van der Waals surface area (Å²) in [6, 6.07) is 7.86. The molecule has 25 heavy (non-hydrogen) atoms. The van der Waals surface area contributed by atoms with E-state index in [0.717, 1.165) is 38.6 Å². The number of nitrogens with one attached hydrogen (secondary N) is 1. The van der Waals surface area contributed by atoms with Gasteiger partial charge < -0.3 is 10.1 Å². The van der Waals surface area contributed by atoms with Gasteiger partial charge in [0.2, 0.25) is 0 Å². The van der Waals surface area contributed by atoms with Crippen LogP contribution >= 0.6 is 11.3 Å². The van der Waals surface area contributed by atoms with Crippen LogP contribution in [0, 0.1) is 27.7 Å². The molecule has 0 fully saturated rings. The van der Waals surface area contributed by atoms with Crippen LogP contribution in [-0.4, -0.2) is 29.0 Å². The molecular weight excluding hydrogens is 334 g/mol. The molecule has 1 aromatic carbocycles. The number of hydrogen-bond donors (Lipinski definition) is 1. The SMILES string of the molecule is Cc1cccc(OCCNC(=O)c2sc3nc(C)nc(C)c3c2C)c1. The van der Waals surface area contributed by atoms with Crippen LogP contribution < -0.4 is 10.1 Å². The van der Waals surface area contributed by atoms with Crippen LogP contribution in [0.15, 0.2) is 24.3 Å². The fraction of sp³-hybridized carbons (Fsp3) is 0.316. The second-order valence-electron chi connectivity index (χ2n) is 6.01. The van der Waals surface area contributed by atoms with E-state index < -0.39 is 0 Å². The van der Waals surface area contributed by atoms with Crippen molar-refractivity contribution in [1.82, 2.24) is 15.3 Å². The van der Waals surface area contributed by atoms with Crippen molar-refractivity contribution in [3.63, 3.8) is 0 Å². The summed E-state index contributed by atoms with van der Waals surface area (Å²) >= 11 is 1.41. The van der Waals surface area contributed by atoms with Crippen molar-refractivity contribution in [3.05, 3.63) is 51.8 Å². The van der Waals surface area contributed by atoms with Gasteiger partial charge >= 0.3 is 0 Å². The Labute approximate surface area is 151 Å². The molecule has 0 bridgehead atoms. The van der Waals surface area contributed by atoms with E-state index in [1.54, 1.807) is 0 Å². The predicted octanol–water partition coefficient (Wildman–Crippen LogP) is 3.73. The van der Waals surface area contributed by atoms with Gasteiger partial charge in [0.15, 0.2) is 0 Å². The van der Waals surface area contributed by atoms with E-state index >= 15 is 0 Å². The number of hydrogen-bond acceptors (Lipinski definition) is 5. The van der Waals surface area contributed by atoms with Gasteiger partial charge in [-0.25, -0.2) is 9.97 Å². The number of rotatable bonds is 5. The Bertz CT molecular complexity index is 934. The van der Waals surface area contributed by atoms with Crippen molar-refractivity contribution in [3.8, 4) is 5.75 Å². The van der Waals surface area contributed by atoms with Gasteiger partial charge in [0.1, 0.15) is 23.0 Å². The van der Waals surface area contributed by atoms with Crippen LogP contribution in [0.25, 0.3) is 10.2 Å². The Morgan fingerprint density at radius 1 is 1.20 bits per heavy atom. The highest BCUT2D eigenvalue weighted by molar-refractivity contribution is 7.20. The number of amides is 1. The molecule has 2 heterocycles. The lowest BCUT2D eigenvalue weighted by Gasteiger charge is -2.08. The lowest BCUT2D eigenvalue weighted by atomic mass is 10.1. The monoisotopic (exact) mass is 355 g/mol. The molecule has 2 aromatic heterocycles. The summed E-state index contributed by atoms with van der Waals surface area (Å²) in [6.07, 6.45) is 0. The van der Waals surface area contributed by atoms with E-state index in [0.29, 0.717) is 18.0 Å². The van der Waals surface area contributed by atoms with Crippen LogP contribution in [-0.2, 0) is 0 Å². The van der Waals surface area contributed by atoms with Crippen molar-refractivity contribution >= 4 is 27.5 Å². The van der Waals surface area contributed by atoms with Gasteiger partial charge in [-0.1, -0.05) is 12.1 Å². The van der Waals surface area contributed by atoms with Gasteiger partial charge in [-0.2, -0.15) is 0 Å². The molecule has 1 N–H and O–H groups in total. The quantitative estimate of drug-likeness (QED) is 0.708. The van der Waals surface area contributed by atoms with Crippen LogP contribution in [0.5, 0.6) is 5.75 Å². The summed E-state index contributed by atoms with van der Waals surface area (Å²) in [4.78, 5) is 22.9. The molecule has 0 spiro atoms. The van der Waals surface area contributed by atoms with E-state index in [1.807, 2.05) is 52.0 Å². The highest BCUT2D eigenvalue weighted by Crippen LogP contribution is 2.31. The Balaban J connectivity index is 1.64. The predicted molar refractivity (Wildman–Crippen MR) is 101 cm³/mol. The minimum Gasteiger partial charge on any atom is -0.492 e. The van der Waals surface area contributed by atoms with Gasteiger partial charge in [0.05, 0.1) is 11.4 Å². The molecule has 0 saturated carbocycles. The highest BCUT2D eigenvalue weighted by Gasteiger charge is 2.18. The molecule has 5 nitrogen and oxygen atoms in total. The summed E-state index contributed by atoms with van der Waals surface area (Å²) in [7, 11) is 0. The third-order valence-electron chi connectivity index (χ3n) is 3.93. The molecule has 130 valence electrons. The zero-order valence-corrected chi connectivity index (χ0v) is 15.7. The molecule has 0 aliphatic heterocycles. The molecule has 1 amide bonds. The third-order valence-corrected chi connectivity index (χ3v) is 5.12. The smallest absolute Gasteiger partial charge is 0.261 e. The molecule has 0 unspecified atom stereocenters. The number of aryl methyl sites for hydroxylation is 4. The average Bonchev–Trinajstić information content (AvgIpc) is 2.88. The zero-order chi connectivity index (χ0) is 18.0. The van der Waals surface area contributed by atoms with Crippen LogP contribution in [0.2, 0.25) is 0 Å². The molecule has 0 saturated heterocycles. The lowest BCUT2D eigenvalue weighted by Crippen LogP contribution is -2.27. The van der Waals surface area contributed by atoms with Crippen molar-refractivity contribution in [2.24, 2.45) is 0 Å². The molecule has 6 heteroatoms. The first-order valence-electron chi connectivity index (χ1n) is 8.17. The van der Waals surface area contributed by atoms with Crippen LogP contribution in [0.1, 0.15) is 32.3 Å². The number of benzene rings is 1. The fourth-order valence-electron chi connectivity index (χ4n) is 2.81. The topological polar surface area (TPSA) is 64.1 Å². The van der Waals surface area contributed by atoms with E-state index in [1.165, 1.54) is 11.3 Å². The van der Waals surface area contributed by atoms with Gasteiger partial charge in [-0.05, 0) is 51.0 Å². The van der Waals surface area contributed by atoms with Crippen molar-refractivity contribution in [2.75, 3.05) is 13.2 Å². The van der Waals surface area contributed by atoms with Gasteiger partial charge in [-0.15, -0.1) is 11.3 Å². The molecule has 0 atom stereocenters. The minimum atomic E-state index is -0.0922. The molecule has 0 aliphatic rings. The zero-order valence-electron chi connectivity index (χ0n) is 14.8. The second kappa shape index (κ2) is 7.19. The maximum atomic E-state index is 12.5. The van der Waals surface area contributed by atoms with E-state index in [4.69, 9.17) is 4.74 Å². The second-order valence-corrected chi connectivity index (χ2v) is 7.01.